The molecule has 1 saturated heterocycles. The van der Waals surface area contributed by atoms with Crippen molar-refractivity contribution in [3.63, 3.8) is 0 Å². The molecule has 1 aliphatic carbocycles. The minimum Gasteiger partial charge on any atom is -0.493 e. The lowest BCUT2D eigenvalue weighted by atomic mass is 9.97. The van der Waals surface area contributed by atoms with E-state index in [4.69, 9.17) is 14.2 Å². The van der Waals surface area contributed by atoms with Crippen LogP contribution in [0.1, 0.15) is 76.8 Å². The van der Waals surface area contributed by atoms with Crippen LogP contribution >= 0.6 is 0 Å². The summed E-state index contributed by atoms with van der Waals surface area (Å²) in [6.07, 6.45) is 9.86. The number of hydrogen-bond acceptors (Lipinski definition) is 4. The Hall–Kier alpha value is -1.95. The Morgan fingerprint density at radius 2 is 1.80 bits per heavy atom. The molecule has 2 amide bonds. The van der Waals surface area contributed by atoms with E-state index < -0.39 is 0 Å². The van der Waals surface area contributed by atoms with E-state index in [2.05, 4.69) is 12.2 Å². The first-order valence-corrected chi connectivity index (χ1v) is 11.6. The molecule has 1 N–H and O–H groups in total. The molecule has 1 unspecified atom stereocenters. The number of methoxy groups -OCH3 is 1. The number of rotatable bonds is 8. The average molecular weight is 419 g/mol. The Morgan fingerprint density at radius 3 is 2.47 bits per heavy atom. The van der Waals surface area contributed by atoms with Crippen LogP contribution in [0.2, 0.25) is 0 Å². The van der Waals surface area contributed by atoms with Gasteiger partial charge < -0.3 is 24.4 Å². The molecule has 168 valence electrons. The monoisotopic (exact) mass is 418 g/mol. The molecule has 6 nitrogen and oxygen atoms in total. The van der Waals surface area contributed by atoms with Crippen molar-refractivity contribution in [3.8, 4) is 11.5 Å². The molecule has 1 aromatic carbocycles. The van der Waals surface area contributed by atoms with Gasteiger partial charge in [-0.3, -0.25) is 0 Å². The van der Waals surface area contributed by atoms with Gasteiger partial charge in [0.1, 0.15) is 0 Å². The minimum absolute atomic E-state index is 0.0103. The van der Waals surface area contributed by atoms with E-state index in [1.54, 1.807) is 7.11 Å². The van der Waals surface area contributed by atoms with E-state index in [-0.39, 0.29) is 12.1 Å². The third-order valence-corrected chi connectivity index (χ3v) is 6.16. The first-order valence-electron chi connectivity index (χ1n) is 11.6. The second-order valence-electron chi connectivity index (χ2n) is 8.51. The van der Waals surface area contributed by atoms with Crippen LogP contribution in [0.4, 0.5) is 4.79 Å². The van der Waals surface area contributed by atoms with Gasteiger partial charge >= 0.3 is 6.03 Å². The first kappa shape index (κ1) is 22.7. The average Bonchev–Trinajstić information content (AvgIpc) is 2.78. The fraction of sp³-hybridized carbons (Fsp3) is 0.708. The molecule has 2 aliphatic rings. The van der Waals surface area contributed by atoms with Crippen molar-refractivity contribution in [2.75, 3.05) is 26.8 Å². The summed E-state index contributed by atoms with van der Waals surface area (Å²) in [4.78, 5) is 14.7. The van der Waals surface area contributed by atoms with Crippen LogP contribution in [0.3, 0.4) is 0 Å². The number of carbonyl (C=O) groups is 1. The van der Waals surface area contributed by atoms with Crippen molar-refractivity contribution in [3.05, 3.63) is 23.8 Å². The summed E-state index contributed by atoms with van der Waals surface area (Å²) in [6, 6.07) is 5.73. The molecule has 0 radical (unpaired) electrons. The quantitative estimate of drug-likeness (QED) is 0.640. The number of nitrogens with zero attached hydrogens (tertiary/aromatic N) is 1. The molecule has 1 heterocycles. The Bertz CT molecular complexity index is 667. The Labute approximate surface area is 181 Å². The Kier molecular flexibility index (Phi) is 8.67. The lowest BCUT2D eigenvalue weighted by Gasteiger charge is -2.35. The van der Waals surface area contributed by atoms with E-state index in [1.807, 2.05) is 30.0 Å². The molecule has 1 aromatic rings. The SMILES string of the molecule is CCCOc1ccc(C(C)NC(=O)N2CCC(OC3CCCCC3)CC2)cc1OC. The summed E-state index contributed by atoms with van der Waals surface area (Å²) in [5.41, 5.74) is 1.000. The normalized spacial score (nSPS) is 19.4. The summed E-state index contributed by atoms with van der Waals surface area (Å²) >= 11 is 0. The summed E-state index contributed by atoms with van der Waals surface area (Å²) in [5, 5.41) is 3.13. The van der Waals surface area contributed by atoms with Gasteiger partial charge in [0.15, 0.2) is 11.5 Å². The van der Waals surface area contributed by atoms with E-state index in [1.165, 1.54) is 32.1 Å². The Morgan fingerprint density at radius 1 is 1.10 bits per heavy atom. The number of benzene rings is 1. The Balaban J connectivity index is 1.47. The smallest absolute Gasteiger partial charge is 0.317 e. The lowest BCUT2D eigenvalue weighted by molar-refractivity contribution is -0.0515. The predicted octanol–water partition coefficient (Wildman–Crippen LogP) is 5.07. The van der Waals surface area contributed by atoms with E-state index >= 15 is 0 Å². The van der Waals surface area contributed by atoms with Crippen LogP contribution in [0.5, 0.6) is 11.5 Å². The topological polar surface area (TPSA) is 60.0 Å². The number of carbonyl (C=O) groups excluding carboxylic acids is 1. The van der Waals surface area contributed by atoms with Crippen LogP contribution in [-0.4, -0.2) is 49.9 Å². The molecule has 1 saturated carbocycles. The van der Waals surface area contributed by atoms with Crippen molar-refractivity contribution in [2.24, 2.45) is 0 Å². The number of likely N-dealkylation sites (tertiary alicyclic amines) is 1. The van der Waals surface area contributed by atoms with Gasteiger partial charge in [0, 0.05) is 13.1 Å². The molecule has 0 aromatic heterocycles. The van der Waals surface area contributed by atoms with Crippen molar-refractivity contribution < 1.29 is 19.0 Å². The zero-order valence-electron chi connectivity index (χ0n) is 18.8. The second kappa shape index (κ2) is 11.4. The highest BCUT2D eigenvalue weighted by Crippen LogP contribution is 2.31. The van der Waals surface area contributed by atoms with Gasteiger partial charge in [-0.15, -0.1) is 0 Å². The molecule has 1 atom stereocenters. The van der Waals surface area contributed by atoms with Gasteiger partial charge in [0.2, 0.25) is 0 Å². The zero-order chi connectivity index (χ0) is 21.3. The molecule has 0 bridgehead atoms. The largest absolute Gasteiger partial charge is 0.493 e. The minimum atomic E-state index is -0.108. The first-order chi connectivity index (χ1) is 14.6. The van der Waals surface area contributed by atoms with Crippen molar-refractivity contribution >= 4 is 6.03 Å². The van der Waals surface area contributed by atoms with Crippen LogP contribution < -0.4 is 14.8 Å². The molecular weight excluding hydrogens is 380 g/mol. The zero-order valence-corrected chi connectivity index (χ0v) is 18.8. The molecule has 1 aliphatic heterocycles. The number of ether oxygens (including phenoxy) is 3. The summed E-state index contributed by atoms with van der Waals surface area (Å²) < 4.78 is 17.5. The molecule has 3 rings (SSSR count). The van der Waals surface area contributed by atoms with Crippen molar-refractivity contribution in [1.82, 2.24) is 10.2 Å². The third-order valence-electron chi connectivity index (χ3n) is 6.16. The van der Waals surface area contributed by atoms with E-state index in [0.717, 1.165) is 43.7 Å². The van der Waals surface area contributed by atoms with Crippen LogP contribution in [0, 0.1) is 0 Å². The fourth-order valence-corrected chi connectivity index (χ4v) is 4.31. The maximum atomic E-state index is 12.8. The molecule has 0 spiro atoms. The highest BCUT2D eigenvalue weighted by Gasteiger charge is 2.27. The number of piperidine rings is 1. The number of nitrogens with one attached hydrogen (secondary N) is 1. The van der Waals surface area contributed by atoms with Gasteiger partial charge in [-0.2, -0.15) is 0 Å². The van der Waals surface area contributed by atoms with Gasteiger partial charge in [-0.05, 0) is 56.7 Å². The highest BCUT2D eigenvalue weighted by molar-refractivity contribution is 5.74. The van der Waals surface area contributed by atoms with Crippen molar-refractivity contribution in [2.45, 2.75) is 83.5 Å². The maximum Gasteiger partial charge on any atom is 0.317 e. The van der Waals surface area contributed by atoms with Gasteiger partial charge in [0.25, 0.3) is 0 Å². The predicted molar refractivity (Wildman–Crippen MR) is 118 cm³/mol. The van der Waals surface area contributed by atoms with Crippen LogP contribution in [0.25, 0.3) is 0 Å². The van der Waals surface area contributed by atoms with Crippen LogP contribution in [-0.2, 0) is 4.74 Å². The third kappa shape index (κ3) is 6.27. The van der Waals surface area contributed by atoms with Crippen LogP contribution in [0.15, 0.2) is 18.2 Å². The van der Waals surface area contributed by atoms with Gasteiger partial charge in [-0.25, -0.2) is 4.79 Å². The lowest BCUT2D eigenvalue weighted by Crippen LogP contribution is -2.47. The molecule has 2 fully saturated rings. The van der Waals surface area contributed by atoms with Gasteiger partial charge in [-0.1, -0.05) is 32.3 Å². The number of amides is 2. The fourth-order valence-electron chi connectivity index (χ4n) is 4.31. The standard InChI is InChI=1S/C24H38N2O4/c1-4-16-29-22-11-10-19(17-23(22)28-3)18(2)25-24(27)26-14-12-21(13-15-26)30-20-8-6-5-7-9-20/h10-11,17-18,20-21H,4-9,12-16H2,1-3H3,(H,25,27). The number of urea groups is 1. The summed E-state index contributed by atoms with van der Waals surface area (Å²) in [5.74, 6) is 1.43. The maximum absolute atomic E-state index is 12.8. The number of hydrogen-bond donors (Lipinski definition) is 1. The second-order valence-corrected chi connectivity index (χ2v) is 8.51. The summed E-state index contributed by atoms with van der Waals surface area (Å²) in [7, 11) is 1.64. The summed E-state index contributed by atoms with van der Waals surface area (Å²) in [6.45, 7) is 6.23. The van der Waals surface area contributed by atoms with Crippen molar-refractivity contribution in [1.29, 1.82) is 0 Å². The molecule has 30 heavy (non-hydrogen) atoms. The molecular formula is C24H38N2O4. The highest BCUT2D eigenvalue weighted by atomic mass is 16.5. The van der Waals surface area contributed by atoms with E-state index in [9.17, 15) is 4.79 Å². The molecule has 6 heteroatoms. The van der Waals surface area contributed by atoms with E-state index in [0.29, 0.717) is 24.6 Å². The van der Waals surface area contributed by atoms with Gasteiger partial charge in [0.05, 0.1) is 32.0 Å².